The Morgan fingerprint density at radius 3 is 2.65 bits per heavy atom. The average Bonchev–Trinajstić information content (AvgIpc) is 2.76. The third kappa shape index (κ3) is 4.16. The number of nitrogens with one attached hydrogen (secondary N) is 1. The zero-order valence-electron chi connectivity index (χ0n) is 11.0. The molecule has 0 aliphatic carbocycles. The minimum absolute atomic E-state index is 0.0551. The minimum atomic E-state index is -3.45. The fraction of sp³-hybridized carbons (Fsp3) is 0.250. The molecular formula is C12H16N4O3S. The molecule has 0 aliphatic heterocycles. The van der Waals surface area contributed by atoms with E-state index in [0.29, 0.717) is 17.1 Å². The van der Waals surface area contributed by atoms with Gasteiger partial charge >= 0.3 is 0 Å². The van der Waals surface area contributed by atoms with Crippen molar-refractivity contribution in [3.8, 4) is 5.75 Å². The molecule has 0 unspecified atom stereocenters. The average molecular weight is 296 g/mol. The van der Waals surface area contributed by atoms with Crippen molar-refractivity contribution in [2.75, 3.05) is 22.8 Å². The van der Waals surface area contributed by atoms with Gasteiger partial charge in [0, 0.05) is 18.9 Å². The standard InChI is InChI=1S/C12H16N4O3S/c1-16-9-11(8-14-16)15-20(17,18)7-6-19-12-4-2-10(13)3-5-12/h2-5,8-9,15H,6-7,13H2,1H3. The molecule has 0 amide bonds. The zero-order valence-corrected chi connectivity index (χ0v) is 11.8. The quantitative estimate of drug-likeness (QED) is 0.769. The summed E-state index contributed by atoms with van der Waals surface area (Å²) in [5.74, 6) is 0.433. The molecule has 20 heavy (non-hydrogen) atoms. The highest BCUT2D eigenvalue weighted by Crippen LogP contribution is 2.13. The summed E-state index contributed by atoms with van der Waals surface area (Å²) in [5, 5.41) is 3.88. The zero-order chi connectivity index (χ0) is 14.6. The maximum Gasteiger partial charge on any atom is 0.236 e. The van der Waals surface area contributed by atoms with Crippen molar-refractivity contribution in [1.29, 1.82) is 0 Å². The van der Waals surface area contributed by atoms with E-state index >= 15 is 0 Å². The first kappa shape index (κ1) is 14.2. The van der Waals surface area contributed by atoms with E-state index in [1.807, 2.05) is 0 Å². The van der Waals surface area contributed by atoms with Gasteiger partial charge in [0.25, 0.3) is 0 Å². The normalized spacial score (nSPS) is 11.2. The number of hydrogen-bond acceptors (Lipinski definition) is 5. The number of aromatic nitrogens is 2. The molecule has 1 aromatic heterocycles. The van der Waals surface area contributed by atoms with E-state index in [0.717, 1.165) is 0 Å². The maximum absolute atomic E-state index is 11.8. The number of hydrogen-bond donors (Lipinski definition) is 2. The Morgan fingerprint density at radius 2 is 2.05 bits per heavy atom. The summed E-state index contributed by atoms with van der Waals surface area (Å²) in [6, 6.07) is 6.77. The van der Waals surface area contributed by atoms with Crippen molar-refractivity contribution in [2.24, 2.45) is 7.05 Å². The molecule has 108 valence electrons. The monoisotopic (exact) mass is 296 g/mol. The van der Waals surface area contributed by atoms with Gasteiger partial charge in [-0.2, -0.15) is 5.10 Å². The number of benzene rings is 1. The molecule has 0 bridgehead atoms. The first-order valence-corrected chi connectivity index (χ1v) is 7.57. The lowest BCUT2D eigenvalue weighted by Gasteiger charge is -2.08. The molecule has 7 nitrogen and oxygen atoms in total. The molecular weight excluding hydrogens is 280 g/mol. The van der Waals surface area contributed by atoms with Gasteiger partial charge in [0.1, 0.15) is 18.1 Å². The molecule has 8 heteroatoms. The summed E-state index contributed by atoms with van der Waals surface area (Å²) < 4.78 is 32.9. The number of nitrogen functional groups attached to an aromatic ring is 1. The van der Waals surface area contributed by atoms with Crippen LogP contribution < -0.4 is 15.2 Å². The molecule has 2 rings (SSSR count). The fourth-order valence-corrected chi connectivity index (χ4v) is 2.41. The molecule has 1 heterocycles. The number of aryl methyl sites for hydroxylation is 1. The topological polar surface area (TPSA) is 99.2 Å². The predicted octanol–water partition coefficient (Wildman–Crippen LogP) is 0.823. The molecule has 0 atom stereocenters. The Bertz CT molecular complexity index is 664. The third-order valence-electron chi connectivity index (χ3n) is 2.48. The van der Waals surface area contributed by atoms with Crippen LogP contribution in [0.1, 0.15) is 0 Å². The largest absolute Gasteiger partial charge is 0.492 e. The second-order valence-corrected chi connectivity index (χ2v) is 6.08. The maximum atomic E-state index is 11.8. The smallest absolute Gasteiger partial charge is 0.236 e. The number of nitrogens with zero attached hydrogens (tertiary/aromatic N) is 2. The van der Waals surface area contributed by atoms with E-state index < -0.39 is 10.0 Å². The van der Waals surface area contributed by atoms with Gasteiger partial charge in [-0.25, -0.2) is 8.42 Å². The van der Waals surface area contributed by atoms with Crippen LogP contribution in [0, 0.1) is 0 Å². The molecule has 2 aromatic rings. The lowest BCUT2D eigenvalue weighted by Crippen LogP contribution is -2.21. The molecule has 0 aliphatic rings. The fourth-order valence-electron chi connectivity index (χ4n) is 1.54. The van der Waals surface area contributed by atoms with Crippen molar-refractivity contribution in [3.63, 3.8) is 0 Å². The van der Waals surface area contributed by atoms with Gasteiger partial charge in [0.05, 0.1) is 11.9 Å². The van der Waals surface area contributed by atoms with Crippen molar-refractivity contribution >= 4 is 21.4 Å². The first-order valence-electron chi connectivity index (χ1n) is 5.92. The van der Waals surface area contributed by atoms with E-state index in [4.69, 9.17) is 10.5 Å². The van der Waals surface area contributed by atoms with Crippen molar-refractivity contribution in [2.45, 2.75) is 0 Å². The van der Waals surface area contributed by atoms with Gasteiger partial charge in [-0.15, -0.1) is 0 Å². The molecule has 0 saturated carbocycles. The predicted molar refractivity (Wildman–Crippen MR) is 77.0 cm³/mol. The summed E-state index contributed by atoms with van der Waals surface area (Å²) in [6.07, 6.45) is 3.02. The van der Waals surface area contributed by atoms with Gasteiger partial charge in [-0.1, -0.05) is 0 Å². The lowest BCUT2D eigenvalue weighted by molar-refractivity contribution is 0.341. The summed E-state index contributed by atoms with van der Waals surface area (Å²) in [5.41, 5.74) is 6.60. The third-order valence-corrected chi connectivity index (χ3v) is 3.73. The molecule has 1 aromatic carbocycles. The second kappa shape index (κ2) is 5.83. The van der Waals surface area contributed by atoms with Crippen LogP contribution in [0.25, 0.3) is 0 Å². The summed E-state index contributed by atoms with van der Waals surface area (Å²) in [7, 11) is -1.74. The molecule has 0 radical (unpaired) electrons. The number of ether oxygens (including phenoxy) is 1. The summed E-state index contributed by atoms with van der Waals surface area (Å²) in [6.45, 7) is 0.0551. The highest BCUT2D eigenvalue weighted by Gasteiger charge is 2.11. The number of rotatable bonds is 6. The van der Waals surface area contributed by atoms with Crippen LogP contribution in [0.15, 0.2) is 36.7 Å². The molecule has 0 saturated heterocycles. The van der Waals surface area contributed by atoms with Crippen molar-refractivity contribution in [3.05, 3.63) is 36.7 Å². The molecule has 0 spiro atoms. The lowest BCUT2D eigenvalue weighted by atomic mass is 10.3. The van der Waals surface area contributed by atoms with Gasteiger partial charge in [0.2, 0.25) is 10.0 Å². The van der Waals surface area contributed by atoms with E-state index in [1.165, 1.54) is 10.9 Å². The van der Waals surface area contributed by atoms with Gasteiger partial charge < -0.3 is 10.5 Å². The van der Waals surface area contributed by atoms with E-state index in [1.54, 1.807) is 37.5 Å². The Balaban J connectivity index is 1.84. The molecule has 3 N–H and O–H groups in total. The van der Waals surface area contributed by atoms with Crippen LogP contribution >= 0.6 is 0 Å². The first-order chi connectivity index (χ1) is 9.44. The van der Waals surface area contributed by atoms with Crippen LogP contribution in [0.4, 0.5) is 11.4 Å². The highest BCUT2D eigenvalue weighted by atomic mass is 32.2. The number of anilines is 2. The second-order valence-electron chi connectivity index (χ2n) is 4.24. The van der Waals surface area contributed by atoms with Crippen LogP contribution in [-0.4, -0.2) is 30.6 Å². The van der Waals surface area contributed by atoms with E-state index in [-0.39, 0.29) is 12.4 Å². The Hall–Kier alpha value is -2.22. The van der Waals surface area contributed by atoms with Crippen LogP contribution in [-0.2, 0) is 17.1 Å². The van der Waals surface area contributed by atoms with Gasteiger partial charge in [-0.05, 0) is 24.3 Å². The van der Waals surface area contributed by atoms with Crippen molar-refractivity contribution in [1.82, 2.24) is 9.78 Å². The summed E-state index contributed by atoms with van der Waals surface area (Å²) in [4.78, 5) is 0. The minimum Gasteiger partial charge on any atom is -0.492 e. The van der Waals surface area contributed by atoms with Crippen LogP contribution in [0.2, 0.25) is 0 Å². The van der Waals surface area contributed by atoms with E-state index in [2.05, 4.69) is 9.82 Å². The SMILES string of the molecule is Cn1cc(NS(=O)(=O)CCOc2ccc(N)cc2)cn1. The molecule has 0 fully saturated rings. The number of sulfonamides is 1. The van der Waals surface area contributed by atoms with E-state index in [9.17, 15) is 8.42 Å². The van der Waals surface area contributed by atoms with Crippen LogP contribution in [0.5, 0.6) is 5.75 Å². The Morgan fingerprint density at radius 1 is 1.35 bits per heavy atom. The highest BCUT2D eigenvalue weighted by molar-refractivity contribution is 7.92. The Labute approximate surface area is 117 Å². The van der Waals surface area contributed by atoms with Gasteiger partial charge in [0.15, 0.2) is 0 Å². The summed E-state index contributed by atoms with van der Waals surface area (Å²) >= 11 is 0. The van der Waals surface area contributed by atoms with Crippen molar-refractivity contribution < 1.29 is 13.2 Å². The van der Waals surface area contributed by atoms with Crippen LogP contribution in [0.3, 0.4) is 0 Å². The number of nitrogens with two attached hydrogens (primary N) is 1. The Kier molecular flexibility index (Phi) is 4.14. The van der Waals surface area contributed by atoms with Gasteiger partial charge in [-0.3, -0.25) is 9.40 Å².